The van der Waals surface area contributed by atoms with Crippen molar-refractivity contribution >= 4 is 29.3 Å². The zero-order chi connectivity index (χ0) is 20.4. The molecule has 27 heavy (non-hydrogen) atoms. The molecule has 0 bridgehead atoms. The standard InChI is InChI=1S/C17H13ClF5NO2S/c1-8-6-12(16(25)26)24-7-9(8)15(27-5-4-17(18,22)23)13-10(19)2-3-11(20)14(13)21/h2-3,6-7,15H,4-5H2,1H3,(H,25,26). The van der Waals surface area contributed by atoms with Crippen LogP contribution in [0.1, 0.15) is 38.8 Å². The van der Waals surface area contributed by atoms with Crippen molar-refractivity contribution in [2.75, 3.05) is 5.75 Å². The molecule has 1 N–H and O–H groups in total. The average molecular weight is 426 g/mol. The van der Waals surface area contributed by atoms with E-state index in [0.717, 1.165) is 24.0 Å². The van der Waals surface area contributed by atoms with Gasteiger partial charge in [0, 0.05) is 23.9 Å². The molecule has 10 heteroatoms. The number of aromatic nitrogens is 1. The van der Waals surface area contributed by atoms with Crippen LogP contribution < -0.4 is 0 Å². The molecule has 0 spiro atoms. The van der Waals surface area contributed by atoms with E-state index in [1.807, 2.05) is 0 Å². The second-order valence-corrected chi connectivity index (χ2v) is 7.37. The molecule has 146 valence electrons. The molecule has 0 amide bonds. The summed E-state index contributed by atoms with van der Waals surface area (Å²) in [7, 11) is 0. The molecule has 2 rings (SSSR count). The molecule has 1 unspecified atom stereocenters. The molecule has 1 atom stereocenters. The van der Waals surface area contributed by atoms with Crippen LogP contribution in [-0.4, -0.2) is 27.2 Å². The SMILES string of the molecule is Cc1cc(C(=O)O)ncc1C(SCCC(F)(F)Cl)c1c(F)ccc(F)c1F. The molecule has 0 saturated heterocycles. The molecule has 0 saturated carbocycles. The summed E-state index contributed by atoms with van der Waals surface area (Å²) in [4.78, 5) is 14.7. The number of thioether (sulfide) groups is 1. The van der Waals surface area contributed by atoms with Crippen molar-refractivity contribution in [3.63, 3.8) is 0 Å². The summed E-state index contributed by atoms with van der Waals surface area (Å²) in [5.41, 5.74) is -0.481. The van der Waals surface area contributed by atoms with E-state index >= 15 is 0 Å². The highest BCUT2D eigenvalue weighted by molar-refractivity contribution is 7.99. The number of benzene rings is 1. The van der Waals surface area contributed by atoms with Crippen LogP contribution in [0.2, 0.25) is 0 Å². The number of carbonyl (C=O) groups is 1. The number of pyridine rings is 1. The van der Waals surface area contributed by atoms with Gasteiger partial charge in [-0.2, -0.15) is 8.78 Å². The monoisotopic (exact) mass is 425 g/mol. The highest BCUT2D eigenvalue weighted by Crippen LogP contribution is 2.41. The maximum Gasteiger partial charge on any atom is 0.354 e. The summed E-state index contributed by atoms with van der Waals surface area (Å²) in [6.07, 6.45) is 0.299. The molecule has 1 heterocycles. The summed E-state index contributed by atoms with van der Waals surface area (Å²) < 4.78 is 67.9. The fourth-order valence-corrected chi connectivity index (χ4v) is 3.99. The topological polar surface area (TPSA) is 50.2 Å². The number of alkyl halides is 3. The first-order valence-electron chi connectivity index (χ1n) is 7.53. The van der Waals surface area contributed by atoms with Crippen molar-refractivity contribution in [2.24, 2.45) is 0 Å². The Hall–Kier alpha value is -1.87. The van der Waals surface area contributed by atoms with E-state index in [9.17, 15) is 26.7 Å². The second-order valence-electron chi connectivity index (χ2n) is 5.60. The lowest BCUT2D eigenvalue weighted by Gasteiger charge is -2.21. The lowest BCUT2D eigenvalue weighted by molar-refractivity contribution is 0.0690. The van der Waals surface area contributed by atoms with Crippen molar-refractivity contribution in [1.29, 1.82) is 0 Å². The second kappa shape index (κ2) is 8.43. The van der Waals surface area contributed by atoms with Crippen molar-refractivity contribution in [2.45, 2.75) is 24.0 Å². The van der Waals surface area contributed by atoms with Crippen LogP contribution in [-0.2, 0) is 0 Å². The lowest BCUT2D eigenvalue weighted by atomic mass is 10.00. The Morgan fingerprint density at radius 3 is 2.48 bits per heavy atom. The first kappa shape index (κ1) is 21.4. The number of nitrogens with zero attached hydrogens (tertiary/aromatic N) is 1. The minimum atomic E-state index is -3.50. The quantitative estimate of drug-likeness (QED) is 0.359. The van der Waals surface area contributed by atoms with Crippen LogP contribution in [0.5, 0.6) is 0 Å². The summed E-state index contributed by atoms with van der Waals surface area (Å²) >= 11 is 5.57. The zero-order valence-electron chi connectivity index (χ0n) is 13.8. The van der Waals surface area contributed by atoms with Gasteiger partial charge in [-0.1, -0.05) is 0 Å². The van der Waals surface area contributed by atoms with Gasteiger partial charge in [-0.15, -0.1) is 11.8 Å². The van der Waals surface area contributed by atoms with Crippen molar-refractivity contribution in [3.05, 3.63) is 64.2 Å². The Balaban J connectivity index is 2.51. The molecule has 0 radical (unpaired) electrons. The Kier molecular flexibility index (Phi) is 6.69. The molecule has 0 aliphatic carbocycles. The number of aromatic carboxylic acids is 1. The van der Waals surface area contributed by atoms with Gasteiger partial charge in [0.05, 0.1) is 5.25 Å². The fourth-order valence-electron chi connectivity index (χ4n) is 2.36. The van der Waals surface area contributed by atoms with Gasteiger partial charge in [0.15, 0.2) is 11.6 Å². The summed E-state index contributed by atoms with van der Waals surface area (Å²) in [6.45, 7) is 1.47. The first-order valence-corrected chi connectivity index (χ1v) is 8.95. The highest BCUT2D eigenvalue weighted by Gasteiger charge is 2.29. The lowest BCUT2D eigenvalue weighted by Crippen LogP contribution is -2.12. The number of carboxylic acid groups (broad SMARTS) is 1. The number of hydrogen-bond acceptors (Lipinski definition) is 3. The van der Waals surface area contributed by atoms with E-state index in [4.69, 9.17) is 16.7 Å². The van der Waals surface area contributed by atoms with Crippen LogP contribution in [0.25, 0.3) is 0 Å². The molecule has 2 aromatic rings. The summed E-state index contributed by atoms with van der Waals surface area (Å²) in [6, 6.07) is 2.52. The first-order chi connectivity index (χ1) is 12.5. The minimum Gasteiger partial charge on any atom is -0.477 e. The third kappa shape index (κ3) is 5.32. The van der Waals surface area contributed by atoms with E-state index < -0.39 is 46.0 Å². The third-order valence-corrected chi connectivity index (χ3v) is 5.12. The Bertz CT molecular complexity index is 860. The number of carboxylic acids is 1. The van der Waals surface area contributed by atoms with Gasteiger partial charge in [-0.3, -0.25) is 0 Å². The summed E-state index contributed by atoms with van der Waals surface area (Å²) in [5, 5.41) is 4.25. The number of rotatable bonds is 7. The van der Waals surface area contributed by atoms with Crippen LogP contribution in [0.15, 0.2) is 24.4 Å². The third-order valence-electron chi connectivity index (χ3n) is 3.66. The largest absolute Gasteiger partial charge is 0.477 e. The molecule has 0 aliphatic rings. The van der Waals surface area contributed by atoms with Gasteiger partial charge in [-0.05, 0) is 47.9 Å². The number of aryl methyl sites for hydroxylation is 1. The maximum absolute atomic E-state index is 14.3. The predicted molar refractivity (Wildman–Crippen MR) is 92.0 cm³/mol. The molecule has 1 aromatic heterocycles. The normalized spacial score (nSPS) is 12.9. The smallest absolute Gasteiger partial charge is 0.354 e. The van der Waals surface area contributed by atoms with E-state index in [0.29, 0.717) is 11.6 Å². The molecule has 0 fully saturated rings. The Labute approximate surface area is 160 Å². The average Bonchev–Trinajstić information content (AvgIpc) is 2.56. The maximum atomic E-state index is 14.3. The molecule has 0 aliphatic heterocycles. The Morgan fingerprint density at radius 2 is 1.93 bits per heavy atom. The van der Waals surface area contributed by atoms with E-state index in [1.54, 1.807) is 0 Å². The van der Waals surface area contributed by atoms with Gasteiger partial charge in [-0.25, -0.2) is 22.9 Å². The van der Waals surface area contributed by atoms with E-state index in [1.165, 1.54) is 13.0 Å². The van der Waals surface area contributed by atoms with Crippen LogP contribution >= 0.6 is 23.4 Å². The molecular formula is C17H13ClF5NO2S. The summed E-state index contributed by atoms with van der Waals surface area (Å²) in [5.74, 6) is -5.42. The van der Waals surface area contributed by atoms with Crippen LogP contribution in [0, 0.1) is 24.4 Å². The van der Waals surface area contributed by atoms with Crippen molar-refractivity contribution < 1.29 is 31.9 Å². The number of halogens is 6. The van der Waals surface area contributed by atoms with Crippen molar-refractivity contribution in [3.8, 4) is 0 Å². The van der Waals surface area contributed by atoms with Crippen LogP contribution in [0.3, 0.4) is 0 Å². The molecular weight excluding hydrogens is 413 g/mol. The van der Waals surface area contributed by atoms with Gasteiger partial charge in [0.25, 0.3) is 0 Å². The minimum absolute atomic E-state index is 0.172. The van der Waals surface area contributed by atoms with Gasteiger partial charge >= 0.3 is 11.4 Å². The van der Waals surface area contributed by atoms with Gasteiger partial charge in [0.1, 0.15) is 11.5 Å². The fraction of sp³-hybridized carbons (Fsp3) is 0.294. The highest BCUT2D eigenvalue weighted by atomic mass is 35.5. The van der Waals surface area contributed by atoms with E-state index in [-0.39, 0.29) is 17.0 Å². The zero-order valence-corrected chi connectivity index (χ0v) is 15.4. The predicted octanol–water partition coefficient (Wildman–Crippen LogP) is 5.55. The Morgan fingerprint density at radius 1 is 1.30 bits per heavy atom. The van der Waals surface area contributed by atoms with Gasteiger partial charge < -0.3 is 5.11 Å². The molecule has 1 aromatic carbocycles. The van der Waals surface area contributed by atoms with E-state index in [2.05, 4.69) is 4.98 Å². The number of hydrogen-bond donors (Lipinski definition) is 1. The van der Waals surface area contributed by atoms with Gasteiger partial charge in [0.2, 0.25) is 0 Å². The van der Waals surface area contributed by atoms with Crippen molar-refractivity contribution in [1.82, 2.24) is 4.98 Å². The molecule has 3 nitrogen and oxygen atoms in total. The van der Waals surface area contributed by atoms with Crippen LogP contribution in [0.4, 0.5) is 22.0 Å².